The second-order valence-corrected chi connectivity index (χ2v) is 9.26. The quantitative estimate of drug-likeness (QED) is 0.406. The summed E-state index contributed by atoms with van der Waals surface area (Å²) in [6.45, 7) is 1.28. The summed E-state index contributed by atoms with van der Waals surface area (Å²) in [6.07, 6.45) is 2.51. The van der Waals surface area contributed by atoms with Gasteiger partial charge in [-0.1, -0.05) is 11.3 Å². The van der Waals surface area contributed by atoms with Gasteiger partial charge in [-0.25, -0.2) is 27.0 Å². The number of ether oxygens (including phenoxy) is 1. The van der Waals surface area contributed by atoms with Crippen LogP contribution in [0.3, 0.4) is 0 Å². The Morgan fingerprint density at radius 1 is 1.14 bits per heavy atom. The SMILES string of the molecule is CN1C[C@@H]2[C@H](C1)C2(F)c1ccc(-c2c(F)cc(N3C[C@H](Cn4ccnn4)OC3=O)c(F)c2F)cn1. The Hall–Kier alpha value is -3.54. The molecule has 182 valence electrons. The molecule has 4 heterocycles. The summed E-state index contributed by atoms with van der Waals surface area (Å²) in [7, 11) is 1.92. The van der Waals surface area contributed by atoms with E-state index >= 15 is 17.6 Å². The molecule has 12 heteroatoms. The minimum Gasteiger partial charge on any atom is -0.442 e. The first kappa shape index (κ1) is 22.0. The van der Waals surface area contributed by atoms with Crippen molar-refractivity contribution >= 4 is 11.8 Å². The first-order valence-corrected chi connectivity index (χ1v) is 11.1. The van der Waals surface area contributed by atoms with Gasteiger partial charge < -0.3 is 9.64 Å². The standard InChI is InChI=1S/C23H20F4N6O2/c1-31-10-14-15(11-31)23(14,27)18-3-2-12(7-28-18)19-16(24)6-17(20(25)21(19)26)33-9-13(35-22(33)34)8-32-5-4-29-30-32/h2-7,13-15H,8-11H2,1H3/t13-,14-,15+,23?/m0/s1. The van der Waals surface area contributed by atoms with Crippen molar-refractivity contribution in [3.05, 3.63) is 59.9 Å². The number of nitrogens with zero attached hydrogens (tertiary/aromatic N) is 6. The number of hydrogen-bond donors (Lipinski definition) is 0. The lowest BCUT2D eigenvalue weighted by molar-refractivity contribution is 0.129. The lowest BCUT2D eigenvalue weighted by Gasteiger charge is -2.18. The molecule has 1 unspecified atom stereocenters. The molecule has 3 fully saturated rings. The molecular formula is C23H20F4N6O2. The van der Waals surface area contributed by atoms with Gasteiger partial charge in [-0.3, -0.25) is 9.88 Å². The molecule has 4 atom stereocenters. The molecule has 2 aliphatic heterocycles. The van der Waals surface area contributed by atoms with E-state index in [1.165, 1.54) is 23.0 Å². The van der Waals surface area contributed by atoms with Crippen molar-refractivity contribution in [3.8, 4) is 11.1 Å². The molecular weight excluding hydrogens is 468 g/mol. The predicted molar refractivity (Wildman–Crippen MR) is 114 cm³/mol. The summed E-state index contributed by atoms with van der Waals surface area (Å²) in [5, 5.41) is 7.42. The highest BCUT2D eigenvalue weighted by Gasteiger charge is 2.70. The van der Waals surface area contributed by atoms with Crippen LogP contribution in [0.1, 0.15) is 5.69 Å². The molecule has 0 radical (unpaired) electrons. The number of cyclic esters (lactones) is 1. The molecule has 0 spiro atoms. The van der Waals surface area contributed by atoms with Gasteiger partial charge in [0.25, 0.3) is 0 Å². The Kier molecular flexibility index (Phi) is 4.85. The second kappa shape index (κ2) is 7.74. The van der Waals surface area contributed by atoms with E-state index in [0.717, 1.165) is 17.2 Å². The number of rotatable bonds is 5. The van der Waals surface area contributed by atoms with E-state index in [0.29, 0.717) is 13.1 Å². The van der Waals surface area contributed by atoms with Crippen molar-refractivity contribution < 1.29 is 27.1 Å². The zero-order chi connectivity index (χ0) is 24.5. The fourth-order valence-corrected chi connectivity index (χ4v) is 5.31. The summed E-state index contributed by atoms with van der Waals surface area (Å²) in [6, 6.07) is 3.48. The Balaban J connectivity index is 1.25. The van der Waals surface area contributed by atoms with E-state index in [4.69, 9.17) is 4.74 Å². The molecule has 8 nitrogen and oxygen atoms in total. The number of amides is 1. The zero-order valence-corrected chi connectivity index (χ0v) is 18.5. The van der Waals surface area contributed by atoms with Crippen LogP contribution in [0, 0.1) is 29.3 Å². The van der Waals surface area contributed by atoms with Gasteiger partial charge in [-0.2, -0.15) is 0 Å². The van der Waals surface area contributed by atoms with Gasteiger partial charge in [0.05, 0.1) is 36.2 Å². The van der Waals surface area contributed by atoms with Crippen molar-refractivity contribution in [3.63, 3.8) is 0 Å². The number of aromatic nitrogens is 4. The highest BCUT2D eigenvalue weighted by atomic mass is 19.2. The smallest absolute Gasteiger partial charge is 0.414 e. The number of hydrogen-bond acceptors (Lipinski definition) is 6. The zero-order valence-electron chi connectivity index (χ0n) is 18.5. The number of piperidine rings is 1. The number of halogens is 4. The minimum atomic E-state index is -1.55. The maximum Gasteiger partial charge on any atom is 0.414 e. The fraction of sp³-hybridized carbons (Fsp3) is 0.391. The number of alkyl halides is 1. The molecule has 6 rings (SSSR count). The summed E-state index contributed by atoms with van der Waals surface area (Å²) < 4.78 is 67.0. The van der Waals surface area contributed by atoms with Crippen molar-refractivity contribution in [1.29, 1.82) is 0 Å². The molecule has 2 saturated heterocycles. The summed E-state index contributed by atoms with van der Waals surface area (Å²) in [4.78, 5) is 19.3. The molecule has 3 aromatic rings. The van der Waals surface area contributed by atoms with Gasteiger partial charge in [0.2, 0.25) is 0 Å². The molecule has 0 N–H and O–H groups in total. The van der Waals surface area contributed by atoms with Gasteiger partial charge in [-0.05, 0) is 13.1 Å². The molecule has 3 aliphatic rings. The Morgan fingerprint density at radius 2 is 1.91 bits per heavy atom. The number of pyridine rings is 1. The molecule has 1 aliphatic carbocycles. The number of carbonyl (C=O) groups is 1. The van der Waals surface area contributed by atoms with E-state index in [-0.39, 0.29) is 36.2 Å². The molecule has 35 heavy (non-hydrogen) atoms. The maximum atomic E-state index is 15.3. The highest BCUT2D eigenvalue weighted by molar-refractivity contribution is 5.90. The van der Waals surface area contributed by atoms with Crippen LogP contribution in [0.2, 0.25) is 0 Å². The van der Waals surface area contributed by atoms with Crippen molar-refractivity contribution in [1.82, 2.24) is 24.9 Å². The van der Waals surface area contributed by atoms with E-state index in [1.54, 1.807) is 6.20 Å². The minimum absolute atomic E-state index is 0.0335. The summed E-state index contributed by atoms with van der Waals surface area (Å²) >= 11 is 0. The lowest BCUT2D eigenvalue weighted by Crippen LogP contribution is -2.27. The second-order valence-electron chi connectivity index (χ2n) is 9.26. The summed E-state index contributed by atoms with van der Waals surface area (Å²) in [5.41, 5.74) is -2.58. The average Bonchev–Trinajstić information content (AvgIpc) is 3.35. The van der Waals surface area contributed by atoms with Crippen LogP contribution < -0.4 is 4.90 Å². The molecule has 1 aromatic carbocycles. The third-order valence-corrected chi connectivity index (χ3v) is 7.08. The van der Waals surface area contributed by atoms with E-state index in [9.17, 15) is 4.79 Å². The van der Waals surface area contributed by atoms with Crippen LogP contribution in [0.25, 0.3) is 11.1 Å². The molecule has 2 aromatic heterocycles. The van der Waals surface area contributed by atoms with E-state index < -0.39 is 46.6 Å². The number of fused-ring (bicyclic) bond motifs is 1. The third-order valence-electron chi connectivity index (χ3n) is 7.08. The topological polar surface area (TPSA) is 76.4 Å². The van der Waals surface area contributed by atoms with Crippen LogP contribution in [0.4, 0.5) is 28.0 Å². The normalized spacial score (nSPS) is 27.9. The first-order valence-electron chi connectivity index (χ1n) is 11.1. The van der Waals surface area contributed by atoms with Crippen LogP contribution in [-0.2, 0) is 17.0 Å². The van der Waals surface area contributed by atoms with Gasteiger partial charge in [-0.15, -0.1) is 5.10 Å². The Labute approximate surface area is 197 Å². The first-order chi connectivity index (χ1) is 16.8. The van der Waals surface area contributed by atoms with E-state index in [1.807, 2.05) is 11.9 Å². The van der Waals surface area contributed by atoms with Crippen molar-refractivity contribution in [2.75, 3.05) is 31.6 Å². The molecule has 0 bridgehead atoms. The number of carbonyl (C=O) groups excluding carboxylic acids is 1. The monoisotopic (exact) mass is 488 g/mol. The largest absolute Gasteiger partial charge is 0.442 e. The predicted octanol–water partition coefficient (Wildman–Crippen LogP) is 3.14. The van der Waals surface area contributed by atoms with Crippen LogP contribution in [0.5, 0.6) is 0 Å². The average molecular weight is 488 g/mol. The fourth-order valence-electron chi connectivity index (χ4n) is 5.31. The van der Waals surface area contributed by atoms with Crippen molar-refractivity contribution in [2.24, 2.45) is 11.8 Å². The Morgan fingerprint density at radius 3 is 2.57 bits per heavy atom. The van der Waals surface area contributed by atoms with E-state index in [2.05, 4.69) is 15.3 Å². The van der Waals surface area contributed by atoms with Gasteiger partial charge in [0.15, 0.2) is 17.3 Å². The highest BCUT2D eigenvalue weighted by Crippen LogP contribution is 2.63. The lowest BCUT2D eigenvalue weighted by atomic mass is 10.0. The third kappa shape index (κ3) is 3.38. The molecule has 1 saturated carbocycles. The maximum absolute atomic E-state index is 15.3. The van der Waals surface area contributed by atoms with Gasteiger partial charge >= 0.3 is 6.09 Å². The summed E-state index contributed by atoms with van der Waals surface area (Å²) in [5.74, 6) is -4.25. The number of benzene rings is 1. The molecule has 1 amide bonds. The number of anilines is 1. The van der Waals surface area contributed by atoms with Crippen molar-refractivity contribution in [2.45, 2.75) is 18.3 Å². The van der Waals surface area contributed by atoms with Gasteiger partial charge in [0, 0.05) is 48.9 Å². The van der Waals surface area contributed by atoms with Gasteiger partial charge in [0.1, 0.15) is 11.9 Å². The van der Waals surface area contributed by atoms with Crippen LogP contribution in [-0.4, -0.2) is 63.8 Å². The Bertz CT molecular complexity index is 1290. The number of likely N-dealkylation sites (tertiary alicyclic amines) is 1. The van der Waals surface area contributed by atoms with Crippen LogP contribution >= 0.6 is 0 Å². The van der Waals surface area contributed by atoms with Crippen LogP contribution in [0.15, 0.2) is 36.8 Å².